The highest BCUT2D eigenvalue weighted by Crippen LogP contribution is 2.28. The van der Waals surface area contributed by atoms with E-state index in [9.17, 15) is 13.2 Å². The topological polar surface area (TPSA) is 158 Å². The van der Waals surface area contributed by atoms with Gasteiger partial charge in [0, 0.05) is 17.0 Å². The van der Waals surface area contributed by atoms with E-state index >= 15 is 0 Å². The maximum absolute atomic E-state index is 12.4. The van der Waals surface area contributed by atoms with Crippen molar-refractivity contribution in [3.63, 3.8) is 0 Å². The molecule has 2 aromatic carbocycles. The van der Waals surface area contributed by atoms with E-state index in [1.165, 1.54) is 0 Å². The number of carbonyl (C=O) groups is 1. The number of guanidine groups is 1. The molecule has 0 spiro atoms. The second-order valence-electron chi connectivity index (χ2n) is 5.88. The first-order valence-electron chi connectivity index (χ1n) is 8.19. The number of ether oxygens (including phenoxy) is 1. The van der Waals surface area contributed by atoms with Crippen molar-refractivity contribution in [3.8, 4) is 17.0 Å². The summed E-state index contributed by atoms with van der Waals surface area (Å²) in [5, 5.41) is 0.658. The Morgan fingerprint density at radius 1 is 1.10 bits per heavy atom. The second kappa shape index (κ2) is 9.13. The standard InChI is InChI=1S/C18H16N4O2.CH4O3S/c1-24-12-7-8-13-14(17(23)22-18(19)20)10-15(21-16(13)9-12)11-5-3-2-4-6-11;1-5(2,3)4/h2-10H,1H3,(H4,19,20,22,23);1H3,(H,2,3,4). The third kappa shape index (κ3) is 6.55. The number of amides is 1. The lowest BCUT2D eigenvalue weighted by atomic mass is 10.0. The minimum atomic E-state index is -3.67. The number of aliphatic imine (C=N–C) groups is 1. The molecule has 29 heavy (non-hydrogen) atoms. The van der Waals surface area contributed by atoms with Crippen molar-refractivity contribution in [2.75, 3.05) is 13.4 Å². The summed E-state index contributed by atoms with van der Waals surface area (Å²) in [6.07, 6.45) is 0.715. The summed E-state index contributed by atoms with van der Waals surface area (Å²) in [5.41, 5.74) is 13.2. The summed E-state index contributed by atoms with van der Waals surface area (Å²) in [7, 11) is -2.09. The molecule has 0 aliphatic heterocycles. The average molecular weight is 416 g/mol. The fourth-order valence-electron chi connectivity index (χ4n) is 2.45. The number of pyridine rings is 1. The van der Waals surface area contributed by atoms with Crippen LogP contribution in [-0.2, 0) is 10.1 Å². The molecular weight excluding hydrogens is 396 g/mol. The predicted octanol–water partition coefficient (Wildman–Crippen LogP) is 1.83. The van der Waals surface area contributed by atoms with Gasteiger partial charge in [0.2, 0.25) is 0 Å². The highest BCUT2D eigenvalue weighted by molar-refractivity contribution is 7.85. The van der Waals surface area contributed by atoms with Crippen LogP contribution in [0.3, 0.4) is 0 Å². The van der Waals surface area contributed by atoms with Crippen LogP contribution in [0.4, 0.5) is 0 Å². The van der Waals surface area contributed by atoms with E-state index in [2.05, 4.69) is 9.98 Å². The molecule has 0 atom stereocenters. The number of hydrogen-bond acceptors (Lipinski definition) is 5. The van der Waals surface area contributed by atoms with E-state index in [1.807, 2.05) is 30.3 Å². The zero-order valence-electron chi connectivity index (χ0n) is 15.7. The lowest BCUT2D eigenvalue weighted by Crippen LogP contribution is -2.24. The number of nitrogens with zero attached hydrogens (tertiary/aromatic N) is 2. The van der Waals surface area contributed by atoms with Gasteiger partial charge in [-0.05, 0) is 18.2 Å². The average Bonchev–Trinajstić information content (AvgIpc) is 2.65. The fourth-order valence-corrected chi connectivity index (χ4v) is 2.45. The van der Waals surface area contributed by atoms with E-state index < -0.39 is 16.0 Å². The highest BCUT2D eigenvalue weighted by atomic mass is 32.2. The van der Waals surface area contributed by atoms with Gasteiger partial charge in [0.25, 0.3) is 16.0 Å². The largest absolute Gasteiger partial charge is 0.497 e. The Bertz CT molecular complexity index is 1150. The van der Waals surface area contributed by atoms with Gasteiger partial charge in [0.15, 0.2) is 5.96 Å². The SMILES string of the molecule is COc1ccc2c(C(=O)N=C(N)N)cc(-c3ccccc3)nc2c1.CS(=O)(=O)O. The van der Waals surface area contributed by atoms with E-state index in [4.69, 9.17) is 20.8 Å². The van der Waals surface area contributed by atoms with Gasteiger partial charge in [-0.25, -0.2) is 4.98 Å². The van der Waals surface area contributed by atoms with Crippen LogP contribution in [0.1, 0.15) is 10.4 Å². The summed E-state index contributed by atoms with van der Waals surface area (Å²) < 4.78 is 31.1. The number of rotatable bonds is 3. The molecule has 3 rings (SSSR count). The number of methoxy groups -OCH3 is 1. The van der Waals surface area contributed by atoms with Crippen LogP contribution in [0.2, 0.25) is 0 Å². The summed E-state index contributed by atoms with van der Waals surface area (Å²) in [4.78, 5) is 20.7. The molecule has 5 N–H and O–H groups in total. The van der Waals surface area contributed by atoms with Crippen LogP contribution in [0.5, 0.6) is 5.75 Å². The molecule has 3 aromatic rings. The number of carbonyl (C=O) groups excluding carboxylic acids is 1. The van der Waals surface area contributed by atoms with Gasteiger partial charge in [0.1, 0.15) is 5.75 Å². The van der Waals surface area contributed by atoms with Crippen LogP contribution in [0.25, 0.3) is 22.2 Å². The Hall–Kier alpha value is -3.50. The summed E-state index contributed by atoms with van der Waals surface area (Å²) in [6, 6.07) is 16.6. The number of hydrogen-bond donors (Lipinski definition) is 3. The first-order valence-corrected chi connectivity index (χ1v) is 10.0. The smallest absolute Gasteiger partial charge is 0.280 e. The maximum atomic E-state index is 12.4. The first-order chi connectivity index (χ1) is 13.6. The Morgan fingerprint density at radius 2 is 1.72 bits per heavy atom. The quantitative estimate of drug-likeness (QED) is 0.331. The van der Waals surface area contributed by atoms with Crippen LogP contribution in [0.15, 0.2) is 59.6 Å². The predicted molar refractivity (Wildman–Crippen MR) is 111 cm³/mol. The third-order valence-corrected chi connectivity index (χ3v) is 3.55. The summed E-state index contributed by atoms with van der Waals surface area (Å²) >= 11 is 0. The highest BCUT2D eigenvalue weighted by Gasteiger charge is 2.14. The molecule has 1 aromatic heterocycles. The molecule has 0 fully saturated rings. The minimum absolute atomic E-state index is 0.278. The zero-order chi connectivity index (χ0) is 21.6. The molecule has 1 amide bonds. The van der Waals surface area contributed by atoms with Crippen molar-refractivity contribution in [2.45, 2.75) is 0 Å². The number of fused-ring (bicyclic) bond motifs is 1. The minimum Gasteiger partial charge on any atom is -0.497 e. The van der Waals surface area contributed by atoms with Gasteiger partial charge in [-0.3, -0.25) is 9.35 Å². The second-order valence-corrected chi connectivity index (χ2v) is 7.35. The van der Waals surface area contributed by atoms with Crippen LogP contribution in [0, 0.1) is 0 Å². The van der Waals surface area contributed by atoms with Crippen molar-refractivity contribution in [3.05, 3.63) is 60.2 Å². The Kier molecular flexibility index (Phi) is 6.86. The first kappa shape index (κ1) is 21.8. The van der Waals surface area contributed by atoms with Crippen molar-refractivity contribution < 1.29 is 22.5 Å². The molecule has 0 aliphatic rings. The molecule has 10 heteroatoms. The van der Waals surface area contributed by atoms with Gasteiger partial charge in [-0.15, -0.1) is 0 Å². The van der Waals surface area contributed by atoms with E-state index in [0.29, 0.717) is 34.2 Å². The third-order valence-electron chi connectivity index (χ3n) is 3.55. The molecule has 0 unspecified atom stereocenters. The molecule has 0 bridgehead atoms. The molecule has 9 nitrogen and oxygen atoms in total. The van der Waals surface area contributed by atoms with Gasteiger partial charge in [0.05, 0.1) is 30.1 Å². The van der Waals surface area contributed by atoms with Gasteiger partial charge in [-0.1, -0.05) is 30.3 Å². The molecule has 0 aliphatic carbocycles. The van der Waals surface area contributed by atoms with Crippen molar-refractivity contribution >= 4 is 32.9 Å². The lowest BCUT2D eigenvalue weighted by molar-refractivity contribution is 0.100. The van der Waals surface area contributed by atoms with Gasteiger partial charge >= 0.3 is 0 Å². The Balaban J connectivity index is 0.000000537. The number of nitrogens with two attached hydrogens (primary N) is 2. The fraction of sp³-hybridized carbons (Fsp3) is 0.105. The van der Waals surface area contributed by atoms with Gasteiger partial charge in [-0.2, -0.15) is 13.4 Å². The van der Waals surface area contributed by atoms with E-state index in [1.54, 1.807) is 31.4 Å². The van der Waals surface area contributed by atoms with E-state index in [0.717, 1.165) is 5.56 Å². The maximum Gasteiger partial charge on any atom is 0.280 e. The Morgan fingerprint density at radius 3 is 2.28 bits per heavy atom. The zero-order valence-corrected chi connectivity index (χ0v) is 16.6. The number of benzene rings is 2. The van der Waals surface area contributed by atoms with Crippen LogP contribution < -0.4 is 16.2 Å². The molecule has 0 radical (unpaired) electrons. The lowest BCUT2D eigenvalue weighted by Gasteiger charge is -2.09. The monoisotopic (exact) mass is 416 g/mol. The molecular formula is C19H20N4O5S. The number of aromatic nitrogens is 1. The van der Waals surface area contributed by atoms with Crippen LogP contribution in [-0.4, -0.2) is 43.2 Å². The van der Waals surface area contributed by atoms with Crippen molar-refractivity contribution in [2.24, 2.45) is 16.5 Å². The van der Waals surface area contributed by atoms with E-state index in [-0.39, 0.29) is 5.96 Å². The Labute approximate surface area is 167 Å². The normalized spacial score (nSPS) is 10.6. The molecule has 1 heterocycles. The summed E-state index contributed by atoms with van der Waals surface area (Å²) in [5.74, 6) is -0.134. The molecule has 152 valence electrons. The molecule has 0 saturated heterocycles. The van der Waals surface area contributed by atoms with Crippen molar-refractivity contribution in [1.29, 1.82) is 0 Å². The molecule has 0 saturated carbocycles. The van der Waals surface area contributed by atoms with Gasteiger partial charge < -0.3 is 16.2 Å². The van der Waals surface area contributed by atoms with Crippen molar-refractivity contribution in [1.82, 2.24) is 4.98 Å². The summed E-state index contributed by atoms with van der Waals surface area (Å²) in [6.45, 7) is 0. The van der Waals surface area contributed by atoms with Crippen LogP contribution >= 0.6 is 0 Å².